The fraction of sp³-hybridized carbons (Fsp3) is 0.455. The third kappa shape index (κ3) is 5.04. The Morgan fingerprint density at radius 2 is 1.86 bits per heavy atom. The molecule has 0 aliphatic carbocycles. The molecule has 1 aromatic heterocycles. The molecule has 0 fully saturated rings. The highest BCUT2D eigenvalue weighted by Crippen LogP contribution is 2.36. The van der Waals surface area contributed by atoms with Crippen LogP contribution in [0.2, 0.25) is 0 Å². The van der Waals surface area contributed by atoms with Crippen LogP contribution in [0.15, 0.2) is 6.07 Å². The maximum absolute atomic E-state index is 12.9. The first kappa shape index (κ1) is 18.5. The molecule has 0 N–H and O–H groups in total. The van der Waals surface area contributed by atoms with Crippen molar-refractivity contribution < 1.29 is 40.6 Å². The lowest BCUT2D eigenvalue weighted by Crippen LogP contribution is -2.21. The van der Waals surface area contributed by atoms with Gasteiger partial charge in [-0.05, 0) is 11.1 Å². The first-order valence-electron chi connectivity index (χ1n) is 5.46. The van der Waals surface area contributed by atoms with E-state index < -0.39 is 42.1 Å². The molecule has 1 aromatic rings. The largest absolute Gasteiger partial charge is 0.574 e. The van der Waals surface area contributed by atoms with Crippen LogP contribution >= 0.6 is 15.9 Å². The van der Waals surface area contributed by atoms with Crippen LogP contribution in [-0.4, -0.2) is 24.4 Å². The summed E-state index contributed by atoms with van der Waals surface area (Å²) in [7, 11) is 0.995. The topological polar surface area (TPSA) is 48.4 Å². The molecule has 0 saturated heterocycles. The van der Waals surface area contributed by atoms with Crippen LogP contribution in [0.25, 0.3) is 0 Å². The number of ether oxygens (including phenoxy) is 2. The first-order chi connectivity index (χ1) is 9.97. The number of methoxy groups -OCH3 is 1. The van der Waals surface area contributed by atoms with Crippen molar-refractivity contribution in [2.45, 2.75) is 24.3 Å². The molecule has 0 amide bonds. The third-order valence-electron chi connectivity index (χ3n) is 2.38. The number of rotatable bonds is 4. The quantitative estimate of drug-likeness (QED) is 0.444. The summed E-state index contributed by atoms with van der Waals surface area (Å²) >= 11 is 2.79. The average molecular weight is 396 g/mol. The van der Waals surface area contributed by atoms with Crippen LogP contribution in [0.1, 0.15) is 16.8 Å². The zero-order chi connectivity index (χ0) is 17.1. The van der Waals surface area contributed by atoms with Crippen molar-refractivity contribution in [3.05, 3.63) is 22.9 Å². The maximum atomic E-state index is 12.9. The normalized spacial score (nSPS) is 12.2. The lowest BCUT2D eigenvalue weighted by molar-refractivity contribution is -0.276. The second-order valence-electron chi connectivity index (χ2n) is 3.88. The van der Waals surface area contributed by atoms with E-state index in [0.29, 0.717) is 6.07 Å². The van der Waals surface area contributed by atoms with Crippen LogP contribution < -0.4 is 4.74 Å². The Bertz CT molecular complexity index is 558. The molecule has 0 atom stereocenters. The van der Waals surface area contributed by atoms with Gasteiger partial charge in [-0.2, -0.15) is 13.2 Å². The van der Waals surface area contributed by atoms with Gasteiger partial charge in [-0.15, -0.1) is 13.2 Å². The summed E-state index contributed by atoms with van der Waals surface area (Å²) in [4.78, 5) is 14.0. The minimum Gasteiger partial charge on any atom is -0.469 e. The number of pyridine rings is 1. The van der Waals surface area contributed by atoms with E-state index >= 15 is 0 Å². The number of carbonyl (C=O) groups is 1. The standard InChI is InChI=1S/C11H8BrF6NO3/c1-21-8(20)3-5-2-7(22-11(16,17)18)19-9(6(5)4-12)10(13,14)15/h2H,3-4H2,1H3. The van der Waals surface area contributed by atoms with Crippen LogP contribution in [0, 0.1) is 0 Å². The van der Waals surface area contributed by atoms with Crippen LogP contribution in [0.5, 0.6) is 5.88 Å². The lowest BCUT2D eigenvalue weighted by Gasteiger charge is -2.17. The third-order valence-corrected chi connectivity index (χ3v) is 2.94. The highest BCUT2D eigenvalue weighted by atomic mass is 79.9. The highest BCUT2D eigenvalue weighted by Gasteiger charge is 2.39. The summed E-state index contributed by atoms with van der Waals surface area (Å²) in [6.07, 6.45) is -10.9. The molecule has 1 heterocycles. The predicted octanol–water partition coefficient (Wildman–Crippen LogP) is 3.61. The molecule has 0 aliphatic heterocycles. The molecule has 0 radical (unpaired) electrons. The van der Waals surface area contributed by atoms with Crippen LogP contribution in [0.3, 0.4) is 0 Å². The van der Waals surface area contributed by atoms with E-state index in [2.05, 4.69) is 30.4 Å². The number of nitrogens with zero attached hydrogens (tertiary/aromatic N) is 1. The Labute approximate surface area is 128 Å². The summed E-state index contributed by atoms with van der Waals surface area (Å²) in [6, 6.07) is 0.621. The van der Waals surface area contributed by atoms with Crippen molar-refractivity contribution in [1.29, 1.82) is 0 Å². The number of hydrogen-bond acceptors (Lipinski definition) is 4. The first-order valence-corrected chi connectivity index (χ1v) is 6.58. The minimum absolute atomic E-state index is 0.328. The number of carbonyl (C=O) groups excluding carboxylic acids is 1. The summed E-state index contributed by atoms with van der Waals surface area (Å²) < 4.78 is 83.0. The molecule has 1 rings (SSSR count). The van der Waals surface area contributed by atoms with Gasteiger partial charge in [0.2, 0.25) is 5.88 Å². The van der Waals surface area contributed by atoms with E-state index in [0.717, 1.165) is 7.11 Å². The smallest absolute Gasteiger partial charge is 0.469 e. The Kier molecular flexibility index (Phi) is 5.65. The molecule has 0 saturated carbocycles. The van der Waals surface area contributed by atoms with Gasteiger partial charge in [0.15, 0.2) is 5.69 Å². The van der Waals surface area contributed by atoms with E-state index in [1.54, 1.807) is 0 Å². The van der Waals surface area contributed by atoms with Gasteiger partial charge >= 0.3 is 18.5 Å². The molecule has 11 heteroatoms. The summed E-state index contributed by atoms with van der Waals surface area (Å²) in [6.45, 7) is 0. The van der Waals surface area contributed by atoms with Crippen LogP contribution in [-0.2, 0) is 27.5 Å². The van der Waals surface area contributed by atoms with E-state index in [9.17, 15) is 31.1 Å². The van der Waals surface area contributed by atoms with E-state index in [-0.39, 0.29) is 10.9 Å². The number of esters is 1. The van der Waals surface area contributed by atoms with Gasteiger partial charge < -0.3 is 9.47 Å². The molecule has 0 aromatic carbocycles. The van der Waals surface area contributed by atoms with Gasteiger partial charge in [0.1, 0.15) is 0 Å². The van der Waals surface area contributed by atoms with Gasteiger partial charge in [0.25, 0.3) is 0 Å². The SMILES string of the molecule is COC(=O)Cc1cc(OC(F)(F)F)nc(C(F)(F)F)c1CBr. The van der Waals surface area contributed by atoms with E-state index in [1.807, 2.05) is 0 Å². The van der Waals surface area contributed by atoms with E-state index in [1.165, 1.54) is 0 Å². The van der Waals surface area contributed by atoms with E-state index in [4.69, 9.17) is 0 Å². The van der Waals surface area contributed by atoms with Crippen molar-refractivity contribution in [2.75, 3.05) is 7.11 Å². The minimum atomic E-state index is -5.21. The zero-order valence-corrected chi connectivity index (χ0v) is 12.4. The fourth-order valence-corrected chi connectivity index (χ4v) is 2.16. The molecule has 0 spiro atoms. The number of alkyl halides is 7. The molecule has 0 unspecified atom stereocenters. The second kappa shape index (κ2) is 6.71. The van der Waals surface area contributed by atoms with Gasteiger partial charge in [-0.3, -0.25) is 4.79 Å². The molecular weight excluding hydrogens is 388 g/mol. The zero-order valence-electron chi connectivity index (χ0n) is 10.8. The number of hydrogen-bond donors (Lipinski definition) is 0. The lowest BCUT2D eigenvalue weighted by atomic mass is 10.0. The van der Waals surface area contributed by atoms with Gasteiger partial charge in [0.05, 0.1) is 13.5 Å². The molecule has 124 valence electrons. The molecule has 22 heavy (non-hydrogen) atoms. The number of halogens is 7. The summed E-state index contributed by atoms with van der Waals surface area (Å²) in [5.74, 6) is -2.22. The van der Waals surface area contributed by atoms with Gasteiger partial charge in [-0.1, -0.05) is 15.9 Å². The Balaban J connectivity index is 3.44. The predicted molar refractivity (Wildman–Crippen MR) is 64.3 cm³/mol. The Hall–Kier alpha value is -1.52. The average Bonchev–Trinajstić information content (AvgIpc) is 2.35. The van der Waals surface area contributed by atoms with Crippen molar-refractivity contribution in [1.82, 2.24) is 4.98 Å². The summed E-state index contributed by atoms with van der Waals surface area (Å²) in [5.41, 5.74) is -2.36. The number of aromatic nitrogens is 1. The van der Waals surface area contributed by atoms with Crippen molar-refractivity contribution in [3.8, 4) is 5.88 Å². The molecular formula is C11H8BrF6NO3. The molecule has 4 nitrogen and oxygen atoms in total. The van der Waals surface area contributed by atoms with Crippen molar-refractivity contribution in [3.63, 3.8) is 0 Å². The Morgan fingerprint density at radius 1 is 1.27 bits per heavy atom. The summed E-state index contributed by atoms with van der Waals surface area (Å²) in [5, 5.41) is -0.368. The second-order valence-corrected chi connectivity index (χ2v) is 4.44. The Morgan fingerprint density at radius 3 is 2.27 bits per heavy atom. The fourth-order valence-electron chi connectivity index (χ4n) is 1.54. The van der Waals surface area contributed by atoms with Crippen molar-refractivity contribution >= 4 is 21.9 Å². The van der Waals surface area contributed by atoms with Gasteiger partial charge in [-0.25, -0.2) is 4.98 Å². The van der Waals surface area contributed by atoms with Gasteiger partial charge in [0, 0.05) is 11.4 Å². The molecule has 0 bridgehead atoms. The monoisotopic (exact) mass is 395 g/mol. The maximum Gasteiger partial charge on any atom is 0.574 e. The van der Waals surface area contributed by atoms with Crippen molar-refractivity contribution in [2.24, 2.45) is 0 Å². The van der Waals surface area contributed by atoms with Crippen LogP contribution in [0.4, 0.5) is 26.3 Å². The molecule has 0 aliphatic rings. The highest BCUT2D eigenvalue weighted by molar-refractivity contribution is 9.08.